The molecule has 7 heteroatoms. The van der Waals surface area contributed by atoms with E-state index in [1.54, 1.807) is 12.5 Å². The zero-order chi connectivity index (χ0) is 17.8. The molecule has 0 fully saturated rings. The fourth-order valence-electron chi connectivity index (χ4n) is 3.38. The van der Waals surface area contributed by atoms with E-state index in [4.69, 9.17) is 0 Å². The van der Waals surface area contributed by atoms with Crippen molar-refractivity contribution in [2.24, 2.45) is 7.05 Å². The van der Waals surface area contributed by atoms with Crippen molar-refractivity contribution in [2.75, 3.05) is 18.4 Å². The third-order valence-corrected chi connectivity index (χ3v) is 4.72. The standard InChI is InChI=1S/C19H23N7/c1-25-12-16(11-24-25)13-26-7-4-17-18(5-8-26)22-14-23-19(17)21-10-15-3-2-6-20-9-15/h2-3,6,9,11-12,14H,4-5,7-8,10,13H2,1H3,(H,21,22,23). The van der Waals surface area contributed by atoms with Crippen molar-refractivity contribution in [3.63, 3.8) is 0 Å². The number of anilines is 1. The van der Waals surface area contributed by atoms with Crippen LogP contribution in [0.25, 0.3) is 0 Å². The van der Waals surface area contributed by atoms with Crippen LogP contribution in [0.4, 0.5) is 5.82 Å². The summed E-state index contributed by atoms with van der Waals surface area (Å²) in [6.45, 7) is 3.64. The Morgan fingerprint density at radius 2 is 2.04 bits per heavy atom. The van der Waals surface area contributed by atoms with Crippen molar-refractivity contribution >= 4 is 5.82 Å². The van der Waals surface area contributed by atoms with Gasteiger partial charge in [0.2, 0.25) is 0 Å². The van der Waals surface area contributed by atoms with Crippen LogP contribution in [-0.4, -0.2) is 42.7 Å². The van der Waals surface area contributed by atoms with Gasteiger partial charge >= 0.3 is 0 Å². The summed E-state index contributed by atoms with van der Waals surface area (Å²) in [6.07, 6.45) is 11.3. The minimum atomic E-state index is 0.719. The summed E-state index contributed by atoms with van der Waals surface area (Å²) in [7, 11) is 1.96. The average Bonchev–Trinajstić information content (AvgIpc) is 2.96. The van der Waals surface area contributed by atoms with Crippen molar-refractivity contribution < 1.29 is 0 Å². The Balaban J connectivity index is 1.44. The molecule has 4 heterocycles. The molecule has 3 aromatic heterocycles. The monoisotopic (exact) mass is 349 g/mol. The first-order valence-corrected chi connectivity index (χ1v) is 8.93. The number of nitrogens with one attached hydrogen (secondary N) is 1. The first kappa shape index (κ1) is 16.7. The van der Waals surface area contributed by atoms with Crippen LogP contribution in [0.1, 0.15) is 22.4 Å². The number of hydrogen-bond acceptors (Lipinski definition) is 6. The average molecular weight is 349 g/mol. The van der Waals surface area contributed by atoms with E-state index < -0.39 is 0 Å². The molecule has 1 aliphatic rings. The van der Waals surface area contributed by atoms with Gasteiger partial charge in [-0.15, -0.1) is 0 Å². The highest BCUT2D eigenvalue weighted by Gasteiger charge is 2.19. The lowest BCUT2D eigenvalue weighted by molar-refractivity contribution is 0.279. The lowest BCUT2D eigenvalue weighted by Crippen LogP contribution is -2.25. The highest BCUT2D eigenvalue weighted by atomic mass is 15.2. The number of pyridine rings is 1. The van der Waals surface area contributed by atoms with Gasteiger partial charge in [0.05, 0.1) is 11.9 Å². The van der Waals surface area contributed by atoms with Crippen molar-refractivity contribution in [1.29, 1.82) is 0 Å². The lowest BCUT2D eigenvalue weighted by atomic mass is 10.1. The van der Waals surface area contributed by atoms with Gasteiger partial charge in [-0.3, -0.25) is 14.6 Å². The Hall–Kier alpha value is -2.80. The predicted molar refractivity (Wildman–Crippen MR) is 99.5 cm³/mol. The molecule has 0 saturated heterocycles. The van der Waals surface area contributed by atoms with Gasteiger partial charge in [-0.2, -0.15) is 5.10 Å². The van der Waals surface area contributed by atoms with Gasteiger partial charge < -0.3 is 5.32 Å². The summed E-state index contributed by atoms with van der Waals surface area (Å²) in [5.41, 5.74) is 4.79. The van der Waals surface area contributed by atoms with Crippen LogP contribution < -0.4 is 5.32 Å². The SMILES string of the molecule is Cn1cc(CN2CCc3ncnc(NCc4cccnc4)c3CC2)cn1. The maximum atomic E-state index is 4.53. The van der Waals surface area contributed by atoms with Crippen molar-refractivity contribution in [1.82, 2.24) is 29.6 Å². The van der Waals surface area contributed by atoms with E-state index in [2.05, 4.69) is 42.5 Å². The largest absolute Gasteiger partial charge is 0.366 e. The third-order valence-electron chi connectivity index (χ3n) is 4.72. The molecule has 0 saturated carbocycles. The molecule has 1 aliphatic heterocycles. The Bertz CT molecular complexity index is 859. The number of hydrogen-bond donors (Lipinski definition) is 1. The highest BCUT2D eigenvalue weighted by Crippen LogP contribution is 2.21. The fourth-order valence-corrected chi connectivity index (χ4v) is 3.38. The van der Waals surface area contributed by atoms with Crippen molar-refractivity contribution in [3.05, 3.63) is 65.6 Å². The summed E-state index contributed by atoms with van der Waals surface area (Å²) in [6, 6.07) is 4.02. The number of nitrogens with zero attached hydrogens (tertiary/aromatic N) is 6. The third kappa shape index (κ3) is 3.88. The molecule has 0 amide bonds. The zero-order valence-corrected chi connectivity index (χ0v) is 15.0. The molecule has 134 valence electrons. The van der Waals surface area contributed by atoms with E-state index in [1.165, 1.54) is 11.1 Å². The molecule has 4 rings (SSSR count). The van der Waals surface area contributed by atoms with Crippen LogP contribution in [0.15, 0.2) is 43.2 Å². The quantitative estimate of drug-likeness (QED) is 0.758. The summed E-state index contributed by atoms with van der Waals surface area (Å²) in [5, 5.41) is 7.73. The molecule has 3 aromatic rings. The molecular formula is C19H23N7. The topological polar surface area (TPSA) is 71.8 Å². The lowest BCUT2D eigenvalue weighted by Gasteiger charge is -2.18. The van der Waals surface area contributed by atoms with Gasteiger partial charge in [-0.05, 0) is 18.1 Å². The predicted octanol–water partition coefficient (Wildman–Crippen LogP) is 1.82. The van der Waals surface area contributed by atoms with Crippen molar-refractivity contribution in [3.8, 4) is 0 Å². The van der Waals surface area contributed by atoms with Gasteiger partial charge in [-0.1, -0.05) is 6.07 Å². The number of rotatable bonds is 5. The van der Waals surface area contributed by atoms with E-state index in [1.807, 2.05) is 30.2 Å². The van der Waals surface area contributed by atoms with Gasteiger partial charge in [0.15, 0.2) is 0 Å². The number of aryl methyl sites for hydroxylation is 1. The van der Waals surface area contributed by atoms with Gasteiger partial charge in [0, 0.05) is 69.4 Å². The maximum absolute atomic E-state index is 4.53. The van der Waals surface area contributed by atoms with E-state index >= 15 is 0 Å². The summed E-state index contributed by atoms with van der Waals surface area (Å²) in [5.74, 6) is 0.946. The number of aromatic nitrogens is 5. The second-order valence-corrected chi connectivity index (χ2v) is 6.66. The molecule has 0 bridgehead atoms. The Morgan fingerprint density at radius 1 is 1.12 bits per heavy atom. The van der Waals surface area contributed by atoms with E-state index in [0.717, 1.165) is 56.1 Å². The van der Waals surface area contributed by atoms with Gasteiger partial charge in [0.25, 0.3) is 0 Å². The molecule has 1 N–H and O–H groups in total. The molecule has 0 atom stereocenters. The second-order valence-electron chi connectivity index (χ2n) is 6.66. The second kappa shape index (κ2) is 7.61. The molecule has 0 aromatic carbocycles. The normalized spacial score (nSPS) is 14.7. The maximum Gasteiger partial charge on any atom is 0.133 e. The van der Waals surface area contributed by atoms with E-state index in [0.29, 0.717) is 0 Å². The molecule has 0 aliphatic carbocycles. The molecular weight excluding hydrogens is 326 g/mol. The minimum Gasteiger partial charge on any atom is -0.366 e. The Kier molecular flexibility index (Phi) is 4.88. The van der Waals surface area contributed by atoms with Crippen LogP contribution >= 0.6 is 0 Å². The summed E-state index contributed by atoms with van der Waals surface area (Å²) in [4.78, 5) is 15.6. The highest BCUT2D eigenvalue weighted by molar-refractivity contribution is 5.47. The molecule has 7 nitrogen and oxygen atoms in total. The summed E-state index contributed by atoms with van der Waals surface area (Å²) >= 11 is 0. The van der Waals surface area contributed by atoms with Crippen LogP contribution in [-0.2, 0) is 33.0 Å². The smallest absolute Gasteiger partial charge is 0.133 e. The first-order chi connectivity index (χ1) is 12.8. The van der Waals surface area contributed by atoms with E-state index in [-0.39, 0.29) is 0 Å². The van der Waals surface area contributed by atoms with Crippen LogP contribution in [0.2, 0.25) is 0 Å². The molecule has 26 heavy (non-hydrogen) atoms. The zero-order valence-electron chi connectivity index (χ0n) is 15.0. The van der Waals surface area contributed by atoms with Gasteiger partial charge in [0.1, 0.15) is 12.1 Å². The van der Waals surface area contributed by atoms with Gasteiger partial charge in [-0.25, -0.2) is 9.97 Å². The first-order valence-electron chi connectivity index (χ1n) is 8.93. The Labute approximate surface area is 153 Å². The molecule has 0 unspecified atom stereocenters. The minimum absolute atomic E-state index is 0.719. The van der Waals surface area contributed by atoms with Crippen LogP contribution in [0, 0.1) is 0 Å². The van der Waals surface area contributed by atoms with Crippen molar-refractivity contribution in [2.45, 2.75) is 25.9 Å². The van der Waals surface area contributed by atoms with E-state index in [9.17, 15) is 0 Å². The molecule has 0 spiro atoms. The number of fused-ring (bicyclic) bond motifs is 1. The molecule has 0 radical (unpaired) electrons. The fraction of sp³-hybridized carbons (Fsp3) is 0.368. The van der Waals surface area contributed by atoms with Crippen LogP contribution in [0.5, 0.6) is 0 Å². The van der Waals surface area contributed by atoms with Crippen LogP contribution in [0.3, 0.4) is 0 Å². The Morgan fingerprint density at radius 3 is 2.85 bits per heavy atom. The summed E-state index contributed by atoms with van der Waals surface area (Å²) < 4.78 is 1.86.